The van der Waals surface area contributed by atoms with E-state index in [2.05, 4.69) is 11.9 Å². The second-order valence-electron chi connectivity index (χ2n) is 4.15. The zero-order chi connectivity index (χ0) is 15.1. The van der Waals surface area contributed by atoms with Crippen molar-refractivity contribution in [2.24, 2.45) is 0 Å². The summed E-state index contributed by atoms with van der Waals surface area (Å²) >= 11 is 0. The van der Waals surface area contributed by atoms with Gasteiger partial charge in [-0.1, -0.05) is 6.58 Å². The molecule has 0 fully saturated rings. The molecule has 0 unspecified atom stereocenters. The van der Waals surface area contributed by atoms with Crippen LogP contribution in [-0.4, -0.2) is 44.4 Å². The lowest BCUT2D eigenvalue weighted by molar-refractivity contribution is -0.151. The standard InChI is InChI=1S/C11H20NO6P/c1-6-9(13)12-11(2,3)10(14)18-7-8-19(15,16-4)17-5/h6H,1,7-8H2,2-5H3,(H,12,13). The molecule has 0 aliphatic heterocycles. The SMILES string of the molecule is C=CC(=O)NC(C)(C)C(=O)OCCP(=O)(OC)OC. The monoisotopic (exact) mass is 293 g/mol. The van der Waals surface area contributed by atoms with E-state index in [1.54, 1.807) is 0 Å². The molecule has 0 aromatic rings. The quantitative estimate of drug-likeness (QED) is 0.409. The summed E-state index contributed by atoms with van der Waals surface area (Å²) in [7, 11) is -0.703. The molecular formula is C11H20NO6P. The van der Waals surface area contributed by atoms with E-state index in [1.165, 1.54) is 28.1 Å². The number of ether oxygens (including phenoxy) is 1. The van der Waals surface area contributed by atoms with E-state index in [0.717, 1.165) is 6.08 Å². The first kappa shape index (κ1) is 17.8. The van der Waals surface area contributed by atoms with Crippen LogP contribution in [0.3, 0.4) is 0 Å². The van der Waals surface area contributed by atoms with Crippen LogP contribution >= 0.6 is 7.60 Å². The third-order valence-corrected chi connectivity index (χ3v) is 4.13. The number of amides is 1. The highest BCUT2D eigenvalue weighted by molar-refractivity contribution is 7.53. The number of hydrogen-bond acceptors (Lipinski definition) is 6. The summed E-state index contributed by atoms with van der Waals surface area (Å²) in [6.45, 7) is 6.13. The normalized spacial score (nSPS) is 11.8. The first-order valence-corrected chi connectivity index (χ1v) is 7.26. The topological polar surface area (TPSA) is 90.9 Å². The van der Waals surface area contributed by atoms with E-state index < -0.39 is 25.0 Å². The second-order valence-corrected chi connectivity index (χ2v) is 6.55. The zero-order valence-corrected chi connectivity index (χ0v) is 12.5. The zero-order valence-electron chi connectivity index (χ0n) is 11.6. The highest BCUT2D eigenvalue weighted by Crippen LogP contribution is 2.45. The minimum absolute atomic E-state index is 0.0583. The Hall–Kier alpha value is -1.17. The maximum atomic E-state index is 11.7. The highest BCUT2D eigenvalue weighted by Gasteiger charge is 2.31. The van der Waals surface area contributed by atoms with E-state index in [9.17, 15) is 14.2 Å². The van der Waals surface area contributed by atoms with Gasteiger partial charge >= 0.3 is 13.6 Å². The molecule has 0 aromatic heterocycles. The summed E-state index contributed by atoms with van der Waals surface area (Å²) in [5.41, 5.74) is -1.20. The van der Waals surface area contributed by atoms with Gasteiger partial charge < -0.3 is 19.1 Å². The van der Waals surface area contributed by atoms with E-state index in [4.69, 9.17) is 13.8 Å². The van der Waals surface area contributed by atoms with E-state index in [1.807, 2.05) is 0 Å². The van der Waals surface area contributed by atoms with Crippen LogP contribution in [0.1, 0.15) is 13.8 Å². The van der Waals surface area contributed by atoms with Crippen LogP contribution in [0.4, 0.5) is 0 Å². The van der Waals surface area contributed by atoms with Crippen LogP contribution in [0.2, 0.25) is 0 Å². The average molecular weight is 293 g/mol. The lowest BCUT2D eigenvalue weighted by Crippen LogP contribution is -2.50. The van der Waals surface area contributed by atoms with Crippen molar-refractivity contribution >= 4 is 19.5 Å². The lowest BCUT2D eigenvalue weighted by atomic mass is 10.1. The summed E-state index contributed by atoms with van der Waals surface area (Å²) in [5, 5.41) is 2.42. The van der Waals surface area contributed by atoms with E-state index >= 15 is 0 Å². The van der Waals surface area contributed by atoms with Crippen LogP contribution in [0.15, 0.2) is 12.7 Å². The molecule has 0 saturated heterocycles. The van der Waals surface area contributed by atoms with Gasteiger partial charge in [0.15, 0.2) is 0 Å². The Morgan fingerprint density at radius 2 is 1.84 bits per heavy atom. The first-order valence-electron chi connectivity index (χ1n) is 5.53. The van der Waals surface area contributed by atoms with Gasteiger partial charge in [0.25, 0.3) is 0 Å². The Kier molecular flexibility index (Phi) is 6.97. The van der Waals surface area contributed by atoms with Crippen molar-refractivity contribution in [3.8, 4) is 0 Å². The van der Waals surface area contributed by atoms with Crippen molar-refractivity contribution < 1.29 is 27.9 Å². The van der Waals surface area contributed by atoms with E-state index in [-0.39, 0.29) is 12.8 Å². The molecule has 0 atom stereocenters. The molecule has 1 amide bonds. The summed E-state index contributed by atoms with van der Waals surface area (Å²) in [6, 6.07) is 0. The van der Waals surface area contributed by atoms with Gasteiger partial charge in [0.2, 0.25) is 5.91 Å². The van der Waals surface area contributed by atoms with Crippen molar-refractivity contribution in [3.63, 3.8) is 0 Å². The summed E-state index contributed by atoms with van der Waals surface area (Å²) in [6.07, 6.45) is 0.996. The number of rotatable bonds is 8. The molecule has 0 aliphatic carbocycles. The van der Waals surface area contributed by atoms with Gasteiger partial charge in [-0.15, -0.1) is 0 Å². The summed E-state index contributed by atoms with van der Waals surface area (Å²) < 4.78 is 26.0. The molecule has 1 N–H and O–H groups in total. The minimum atomic E-state index is -3.20. The number of esters is 1. The molecular weight excluding hydrogens is 273 g/mol. The van der Waals surface area contributed by atoms with Gasteiger partial charge in [-0.3, -0.25) is 9.36 Å². The van der Waals surface area contributed by atoms with Gasteiger partial charge in [-0.25, -0.2) is 4.79 Å². The molecule has 0 bridgehead atoms. The maximum absolute atomic E-state index is 11.7. The van der Waals surface area contributed by atoms with Gasteiger partial charge in [-0.05, 0) is 19.9 Å². The third-order valence-electron chi connectivity index (χ3n) is 2.29. The van der Waals surface area contributed by atoms with E-state index in [0.29, 0.717) is 0 Å². The molecule has 0 aliphatic rings. The number of carbonyl (C=O) groups excluding carboxylic acids is 2. The smallest absolute Gasteiger partial charge is 0.333 e. The Balaban J connectivity index is 4.35. The fourth-order valence-electron chi connectivity index (χ4n) is 1.10. The van der Waals surface area contributed by atoms with Gasteiger partial charge in [-0.2, -0.15) is 0 Å². The largest absolute Gasteiger partial charge is 0.463 e. The van der Waals surface area contributed by atoms with Crippen LogP contribution < -0.4 is 5.32 Å². The van der Waals surface area contributed by atoms with Crippen molar-refractivity contribution in [2.75, 3.05) is 27.0 Å². The van der Waals surface area contributed by atoms with Crippen LogP contribution in [0.25, 0.3) is 0 Å². The van der Waals surface area contributed by atoms with Crippen molar-refractivity contribution in [3.05, 3.63) is 12.7 Å². The predicted octanol–water partition coefficient (Wildman–Crippen LogP) is 1.10. The number of carbonyl (C=O) groups is 2. The highest BCUT2D eigenvalue weighted by atomic mass is 31.2. The molecule has 0 heterocycles. The number of hydrogen-bond donors (Lipinski definition) is 1. The maximum Gasteiger partial charge on any atom is 0.333 e. The van der Waals surface area contributed by atoms with Crippen molar-refractivity contribution in [2.45, 2.75) is 19.4 Å². The molecule has 0 radical (unpaired) electrons. The molecule has 0 aromatic carbocycles. The fourth-order valence-corrected chi connectivity index (χ4v) is 1.93. The molecule has 0 saturated carbocycles. The Bertz CT molecular complexity index is 385. The van der Waals surface area contributed by atoms with Gasteiger partial charge in [0.1, 0.15) is 12.1 Å². The second kappa shape index (κ2) is 7.43. The average Bonchev–Trinajstić information content (AvgIpc) is 2.37. The van der Waals surface area contributed by atoms with Crippen LogP contribution in [0.5, 0.6) is 0 Å². The first-order chi connectivity index (χ1) is 8.70. The number of nitrogens with one attached hydrogen (secondary N) is 1. The Morgan fingerprint density at radius 1 is 1.32 bits per heavy atom. The molecule has 19 heavy (non-hydrogen) atoms. The fraction of sp³-hybridized carbons (Fsp3) is 0.636. The summed E-state index contributed by atoms with van der Waals surface area (Å²) in [4.78, 5) is 22.9. The summed E-state index contributed by atoms with van der Waals surface area (Å²) in [5.74, 6) is -1.14. The Morgan fingerprint density at radius 3 is 2.26 bits per heavy atom. The van der Waals surface area contributed by atoms with Gasteiger partial charge in [0, 0.05) is 14.2 Å². The van der Waals surface area contributed by atoms with Gasteiger partial charge in [0.05, 0.1) is 6.16 Å². The molecule has 110 valence electrons. The predicted molar refractivity (Wildman–Crippen MR) is 69.9 cm³/mol. The van der Waals surface area contributed by atoms with Crippen molar-refractivity contribution in [1.29, 1.82) is 0 Å². The van der Waals surface area contributed by atoms with Crippen LogP contribution in [-0.2, 0) is 27.9 Å². The van der Waals surface area contributed by atoms with Crippen molar-refractivity contribution in [1.82, 2.24) is 5.32 Å². The lowest BCUT2D eigenvalue weighted by Gasteiger charge is -2.23. The molecule has 0 rings (SSSR count). The third kappa shape index (κ3) is 6.00. The van der Waals surface area contributed by atoms with Crippen LogP contribution in [0, 0.1) is 0 Å². The Labute approximate surface area is 112 Å². The molecule has 7 nitrogen and oxygen atoms in total. The molecule has 0 spiro atoms. The molecule has 8 heteroatoms. The minimum Gasteiger partial charge on any atom is -0.463 e.